The number of rotatable bonds is 3. The zero-order valence-electron chi connectivity index (χ0n) is 13.6. The predicted molar refractivity (Wildman–Crippen MR) is 98.1 cm³/mol. The first-order chi connectivity index (χ1) is 11.7. The zero-order valence-corrected chi connectivity index (χ0v) is 14.4. The van der Waals surface area contributed by atoms with E-state index in [-0.39, 0.29) is 6.10 Å². The number of fused-ring (bicyclic) bond motifs is 1. The molecule has 0 saturated carbocycles. The number of thiazole rings is 1. The van der Waals surface area contributed by atoms with Crippen molar-refractivity contribution in [1.82, 2.24) is 4.98 Å². The van der Waals surface area contributed by atoms with Crippen LogP contribution in [0.5, 0.6) is 11.5 Å². The van der Waals surface area contributed by atoms with Gasteiger partial charge >= 0.3 is 0 Å². The Balaban J connectivity index is 1.62. The second kappa shape index (κ2) is 6.17. The van der Waals surface area contributed by atoms with Crippen LogP contribution in [0.2, 0.25) is 0 Å². The molecule has 1 unspecified atom stereocenters. The normalized spacial score (nSPS) is 16.0. The molecule has 0 fully saturated rings. The number of ether oxygens (including phenoxy) is 2. The molecule has 0 aliphatic carbocycles. The number of benzene rings is 2. The molecule has 0 saturated heterocycles. The molecule has 0 radical (unpaired) electrons. The second-order valence-corrected chi connectivity index (χ2v) is 6.64. The number of hydrogen-bond acceptors (Lipinski definition) is 5. The van der Waals surface area contributed by atoms with Crippen LogP contribution in [-0.4, -0.2) is 24.7 Å². The predicted octanol–water partition coefficient (Wildman–Crippen LogP) is 4.68. The highest BCUT2D eigenvalue weighted by molar-refractivity contribution is 7.13. The smallest absolute Gasteiger partial charge is 0.142 e. The van der Waals surface area contributed by atoms with Crippen molar-refractivity contribution < 1.29 is 9.47 Å². The zero-order chi connectivity index (χ0) is 16.5. The molecule has 0 bridgehead atoms. The third kappa shape index (κ3) is 2.83. The van der Waals surface area contributed by atoms with E-state index in [1.165, 1.54) is 0 Å². The average Bonchev–Trinajstić information content (AvgIpc) is 3.11. The van der Waals surface area contributed by atoms with Crippen LogP contribution in [0.1, 0.15) is 6.92 Å². The summed E-state index contributed by atoms with van der Waals surface area (Å²) in [6.45, 7) is 2.89. The Hall–Kier alpha value is -2.53. The van der Waals surface area contributed by atoms with E-state index in [4.69, 9.17) is 14.5 Å². The lowest BCUT2D eigenvalue weighted by Gasteiger charge is -2.25. The first kappa shape index (κ1) is 15.0. The molecule has 1 aliphatic heterocycles. The van der Waals surface area contributed by atoms with Gasteiger partial charge in [-0.15, -0.1) is 11.3 Å². The van der Waals surface area contributed by atoms with Crippen LogP contribution in [0.3, 0.4) is 0 Å². The van der Waals surface area contributed by atoms with Gasteiger partial charge in [0.1, 0.15) is 22.6 Å². The molecule has 24 heavy (non-hydrogen) atoms. The fraction of sp³-hybridized carbons (Fsp3) is 0.211. The Morgan fingerprint density at radius 2 is 1.96 bits per heavy atom. The van der Waals surface area contributed by atoms with Gasteiger partial charge in [-0.05, 0) is 49.4 Å². The molecule has 1 atom stereocenters. The molecule has 0 spiro atoms. The van der Waals surface area contributed by atoms with E-state index >= 15 is 0 Å². The molecule has 2 aromatic carbocycles. The number of nitrogens with zero attached hydrogens (tertiary/aromatic N) is 1. The van der Waals surface area contributed by atoms with Crippen LogP contribution in [0.4, 0.5) is 5.69 Å². The number of aromatic nitrogens is 1. The van der Waals surface area contributed by atoms with E-state index in [1.54, 1.807) is 18.4 Å². The number of anilines is 1. The van der Waals surface area contributed by atoms with E-state index in [2.05, 4.69) is 29.8 Å². The van der Waals surface area contributed by atoms with Crippen molar-refractivity contribution in [3.63, 3.8) is 0 Å². The summed E-state index contributed by atoms with van der Waals surface area (Å²) in [5.74, 6) is 1.76. The van der Waals surface area contributed by atoms with Gasteiger partial charge in [-0.2, -0.15) is 0 Å². The van der Waals surface area contributed by atoms with Crippen LogP contribution < -0.4 is 14.8 Å². The molecule has 3 aromatic rings. The first-order valence-corrected chi connectivity index (χ1v) is 8.76. The lowest BCUT2D eigenvalue weighted by molar-refractivity contribution is 0.226. The summed E-state index contributed by atoms with van der Waals surface area (Å²) in [5, 5.41) is 6.50. The summed E-state index contributed by atoms with van der Waals surface area (Å²) in [5.41, 5.74) is 4.20. The molecule has 4 rings (SSSR count). The van der Waals surface area contributed by atoms with Crippen molar-refractivity contribution in [2.45, 2.75) is 13.0 Å². The van der Waals surface area contributed by atoms with Crippen molar-refractivity contribution >= 4 is 17.0 Å². The minimum absolute atomic E-state index is 0.199. The van der Waals surface area contributed by atoms with E-state index in [0.29, 0.717) is 0 Å². The van der Waals surface area contributed by atoms with Crippen LogP contribution in [-0.2, 0) is 0 Å². The fourth-order valence-electron chi connectivity index (χ4n) is 2.72. The van der Waals surface area contributed by atoms with Crippen molar-refractivity contribution in [1.29, 1.82) is 0 Å². The Morgan fingerprint density at radius 1 is 1.17 bits per heavy atom. The lowest BCUT2D eigenvalue weighted by Crippen LogP contribution is -2.27. The lowest BCUT2D eigenvalue weighted by atomic mass is 10.1. The van der Waals surface area contributed by atoms with E-state index in [0.717, 1.165) is 45.6 Å². The van der Waals surface area contributed by atoms with Gasteiger partial charge in [-0.3, -0.25) is 0 Å². The van der Waals surface area contributed by atoms with Gasteiger partial charge in [0.05, 0.1) is 25.0 Å². The van der Waals surface area contributed by atoms with E-state index < -0.39 is 0 Å². The minimum atomic E-state index is 0.199. The number of hydrogen-bond donors (Lipinski definition) is 1. The van der Waals surface area contributed by atoms with Gasteiger partial charge in [0.15, 0.2) is 0 Å². The number of methoxy groups -OCH3 is 1. The molecular formula is C19H18N2O2S. The SMILES string of the molecule is COc1ccc(-c2csc(-c3ccc4c(c3)NCC(C)O4)n2)cc1. The summed E-state index contributed by atoms with van der Waals surface area (Å²) < 4.78 is 11.0. The van der Waals surface area contributed by atoms with Gasteiger partial charge in [0, 0.05) is 16.5 Å². The maximum Gasteiger partial charge on any atom is 0.142 e. The van der Waals surface area contributed by atoms with Gasteiger partial charge in [0.25, 0.3) is 0 Å². The Labute approximate surface area is 145 Å². The summed E-state index contributed by atoms with van der Waals surface area (Å²) in [7, 11) is 1.67. The standard InChI is InChI=1S/C19H18N2O2S/c1-12-10-20-16-9-14(5-8-18(16)23-12)19-21-17(11-24-19)13-3-6-15(22-2)7-4-13/h3-9,11-12,20H,10H2,1-2H3. The molecular weight excluding hydrogens is 320 g/mol. The molecule has 4 nitrogen and oxygen atoms in total. The van der Waals surface area contributed by atoms with Crippen molar-refractivity contribution in [3.8, 4) is 33.3 Å². The van der Waals surface area contributed by atoms with Crippen molar-refractivity contribution in [3.05, 3.63) is 47.8 Å². The Bertz CT molecular complexity index is 858. The van der Waals surface area contributed by atoms with E-state index in [9.17, 15) is 0 Å². The molecule has 0 amide bonds. The largest absolute Gasteiger partial charge is 0.497 e. The summed E-state index contributed by atoms with van der Waals surface area (Å²) in [6.07, 6.45) is 0.199. The van der Waals surface area contributed by atoms with Crippen LogP contribution in [0, 0.1) is 0 Å². The van der Waals surface area contributed by atoms with Crippen LogP contribution in [0.15, 0.2) is 47.8 Å². The minimum Gasteiger partial charge on any atom is -0.497 e. The highest BCUT2D eigenvalue weighted by Crippen LogP contribution is 2.36. The highest BCUT2D eigenvalue weighted by Gasteiger charge is 2.16. The van der Waals surface area contributed by atoms with Gasteiger partial charge in [-0.25, -0.2) is 4.98 Å². The van der Waals surface area contributed by atoms with Gasteiger partial charge in [-0.1, -0.05) is 0 Å². The fourth-order valence-corrected chi connectivity index (χ4v) is 3.54. The highest BCUT2D eigenvalue weighted by atomic mass is 32.1. The van der Waals surface area contributed by atoms with Gasteiger partial charge < -0.3 is 14.8 Å². The van der Waals surface area contributed by atoms with Crippen molar-refractivity contribution in [2.75, 3.05) is 19.0 Å². The molecule has 2 heterocycles. The second-order valence-electron chi connectivity index (χ2n) is 5.79. The Kier molecular flexibility index (Phi) is 3.86. The summed E-state index contributed by atoms with van der Waals surface area (Å²) in [6, 6.07) is 14.2. The molecule has 1 aliphatic rings. The maximum atomic E-state index is 5.83. The summed E-state index contributed by atoms with van der Waals surface area (Å²) in [4.78, 5) is 4.78. The van der Waals surface area contributed by atoms with Gasteiger partial charge in [0.2, 0.25) is 0 Å². The first-order valence-electron chi connectivity index (χ1n) is 7.88. The quantitative estimate of drug-likeness (QED) is 0.753. The Morgan fingerprint density at radius 3 is 2.75 bits per heavy atom. The van der Waals surface area contributed by atoms with Crippen LogP contribution >= 0.6 is 11.3 Å². The molecule has 122 valence electrons. The third-order valence-corrected chi connectivity index (χ3v) is 4.92. The molecule has 5 heteroatoms. The monoisotopic (exact) mass is 338 g/mol. The van der Waals surface area contributed by atoms with Crippen molar-refractivity contribution in [2.24, 2.45) is 0 Å². The summed E-state index contributed by atoms with van der Waals surface area (Å²) >= 11 is 1.65. The third-order valence-electron chi connectivity index (χ3n) is 4.02. The van der Waals surface area contributed by atoms with E-state index in [1.807, 2.05) is 30.3 Å². The molecule has 1 aromatic heterocycles. The topological polar surface area (TPSA) is 43.4 Å². The molecule has 1 N–H and O–H groups in total. The maximum absolute atomic E-state index is 5.83. The average molecular weight is 338 g/mol. The van der Waals surface area contributed by atoms with Crippen LogP contribution in [0.25, 0.3) is 21.8 Å². The number of nitrogens with one attached hydrogen (secondary N) is 1.